The van der Waals surface area contributed by atoms with Gasteiger partial charge in [0.1, 0.15) is 6.29 Å². The van der Waals surface area contributed by atoms with Gasteiger partial charge in [-0.05, 0) is 12.0 Å². The van der Waals surface area contributed by atoms with Gasteiger partial charge in [-0.3, -0.25) is 4.79 Å². The molecule has 14 heavy (non-hydrogen) atoms. The van der Waals surface area contributed by atoms with Crippen molar-refractivity contribution >= 4 is 12.6 Å². The van der Waals surface area contributed by atoms with Gasteiger partial charge in [0.15, 0.2) is 0 Å². The van der Waals surface area contributed by atoms with Crippen LogP contribution in [-0.2, 0) is 15.0 Å². The normalized spacial score (nSPS) is 14.4. The van der Waals surface area contributed by atoms with Gasteiger partial charge in [0.25, 0.3) is 0 Å². The number of rotatable bonds is 5. The standard InChI is InChI=1S/C12H13O2/c1-2-12(10-14,8-9-13)11-6-4-3-5-7-11/h3-7,9H,2,8H2,1H3. The first-order valence-corrected chi connectivity index (χ1v) is 4.67. The Kier molecular flexibility index (Phi) is 3.57. The van der Waals surface area contributed by atoms with Crippen molar-refractivity contribution < 1.29 is 9.59 Å². The molecule has 0 aliphatic carbocycles. The summed E-state index contributed by atoms with van der Waals surface area (Å²) in [7, 11) is 0. The molecule has 0 amide bonds. The first-order chi connectivity index (χ1) is 6.79. The van der Waals surface area contributed by atoms with E-state index in [-0.39, 0.29) is 6.42 Å². The van der Waals surface area contributed by atoms with E-state index in [2.05, 4.69) is 0 Å². The molecular formula is C12H13O2. The summed E-state index contributed by atoms with van der Waals surface area (Å²) in [5.41, 5.74) is 0.118. The Labute approximate surface area is 83.9 Å². The third-order valence-electron chi connectivity index (χ3n) is 2.56. The smallest absolute Gasteiger partial charge is 0.210 e. The van der Waals surface area contributed by atoms with E-state index in [9.17, 15) is 9.59 Å². The highest BCUT2D eigenvalue weighted by atomic mass is 16.1. The monoisotopic (exact) mass is 189 g/mol. The van der Waals surface area contributed by atoms with Gasteiger partial charge in [-0.25, -0.2) is 0 Å². The SMILES string of the molecule is CCC([C]=O)(CC=O)c1ccccc1. The second kappa shape index (κ2) is 4.70. The van der Waals surface area contributed by atoms with E-state index < -0.39 is 5.41 Å². The van der Waals surface area contributed by atoms with Crippen LogP contribution in [0.5, 0.6) is 0 Å². The number of carbonyl (C=O) groups is 1. The zero-order valence-corrected chi connectivity index (χ0v) is 8.19. The molecule has 73 valence electrons. The number of hydrogen-bond donors (Lipinski definition) is 0. The molecule has 1 aromatic rings. The summed E-state index contributed by atoms with van der Waals surface area (Å²) in [6.07, 6.45) is 3.58. The van der Waals surface area contributed by atoms with Gasteiger partial charge in [0.05, 0.1) is 5.41 Å². The summed E-state index contributed by atoms with van der Waals surface area (Å²) >= 11 is 0. The molecule has 1 unspecified atom stereocenters. The van der Waals surface area contributed by atoms with Gasteiger partial charge in [-0.2, -0.15) is 0 Å². The van der Waals surface area contributed by atoms with E-state index in [1.807, 2.05) is 43.5 Å². The molecule has 2 nitrogen and oxygen atoms in total. The second-order valence-electron chi connectivity index (χ2n) is 3.27. The van der Waals surface area contributed by atoms with Crippen LogP contribution < -0.4 is 0 Å². The average Bonchev–Trinajstić information content (AvgIpc) is 2.27. The fourth-order valence-electron chi connectivity index (χ4n) is 1.54. The van der Waals surface area contributed by atoms with Gasteiger partial charge < -0.3 is 4.79 Å². The Morgan fingerprint density at radius 3 is 2.43 bits per heavy atom. The van der Waals surface area contributed by atoms with Crippen molar-refractivity contribution in [1.82, 2.24) is 0 Å². The lowest BCUT2D eigenvalue weighted by Crippen LogP contribution is -2.27. The molecule has 1 atom stereocenters. The van der Waals surface area contributed by atoms with Crippen molar-refractivity contribution in [2.75, 3.05) is 0 Å². The minimum absolute atomic E-state index is 0.205. The Balaban J connectivity index is 3.09. The van der Waals surface area contributed by atoms with Crippen LogP contribution in [0.25, 0.3) is 0 Å². The molecule has 0 saturated carbocycles. The average molecular weight is 189 g/mol. The second-order valence-corrected chi connectivity index (χ2v) is 3.27. The van der Waals surface area contributed by atoms with Crippen molar-refractivity contribution in [3.63, 3.8) is 0 Å². The molecule has 0 heterocycles. The molecule has 1 radical (unpaired) electrons. The summed E-state index contributed by atoms with van der Waals surface area (Å²) in [4.78, 5) is 21.5. The molecule has 0 fully saturated rings. The zero-order chi connectivity index (χ0) is 10.4. The van der Waals surface area contributed by atoms with Gasteiger partial charge >= 0.3 is 0 Å². The lowest BCUT2D eigenvalue weighted by atomic mass is 9.77. The molecule has 0 bridgehead atoms. The van der Waals surface area contributed by atoms with Gasteiger partial charge in [-0.1, -0.05) is 37.3 Å². The van der Waals surface area contributed by atoms with Crippen LogP contribution in [0.1, 0.15) is 25.3 Å². The molecule has 1 aromatic carbocycles. The van der Waals surface area contributed by atoms with Crippen LogP contribution in [-0.4, -0.2) is 12.6 Å². The van der Waals surface area contributed by atoms with E-state index in [0.29, 0.717) is 6.42 Å². The molecule has 0 aromatic heterocycles. The van der Waals surface area contributed by atoms with E-state index in [0.717, 1.165) is 11.8 Å². The molecule has 0 aliphatic heterocycles. The number of benzene rings is 1. The minimum Gasteiger partial charge on any atom is -0.303 e. The van der Waals surface area contributed by atoms with Crippen LogP contribution >= 0.6 is 0 Å². The molecule has 0 saturated heterocycles. The fraction of sp³-hybridized carbons (Fsp3) is 0.333. The number of aldehydes is 1. The van der Waals surface area contributed by atoms with Crippen LogP contribution in [0.15, 0.2) is 30.3 Å². The molecule has 0 spiro atoms. The van der Waals surface area contributed by atoms with E-state index >= 15 is 0 Å². The van der Waals surface area contributed by atoms with Crippen molar-refractivity contribution in [3.8, 4) is 0 Å². The summed E-state index contributed by atoms with van der Waals surface area (Å²) in [6.45, 7) is 1.89. The molecule has 2 heteroatoms. The highest BCUT2D eigenvalue weighted by molar-refractivity contribution is 5.74. The summed E-state index contributed by atoms with van der Waals surface area (Å²) in [6, 6.07) is 9.33. The van der Waals surface area contributed by atoms with Crippen molar-refractivity contribution in [2.45, 2.75) is 25.2 Å². The largest absolute Gasteiger partial charge is 0.303 e. The van der Waals surface area contributed by atoms with E-state index in [4.69, 9.17) is 0 Å². The van der Waals surface area contributed by atoms with Crippen LogP contribution in [0.2, 0.25) is 0 Å². The lowest BCUT2D eigenvalue weighted by Gasteiger charge is -2.23. The first kappa shape index (κ1) is 10.6. The third-order valence-corrected chi connectivity index (χ3v) is 2.56. The topological polar surface area (TPSA) is 34.1 Å². The molecule has 0 N–H and O–H groups in total. The maximum Gasteiger partial charge on any atom is 0.210 e. The lowest BCUT2D eigenvalue weighted by molar-refractivity contribution is -0.108. The summed E-state index contributed by atoms with van der Waals surface area (Å²) in [5.74, 6) is 0. The molecule has 0 aliphatic rings. The van der Waals surface area contributed by atoms with Gasteiger partial charge in [0, 0.05) is 6.42 Å². The maximum absolute atomic E-state index is 11.0. The summed E-state index contributed by atoms with van der Waals surface area (Å²) in [5, 5.41) is 0. The van der Waals surface area contributed by atoms with Crippen molar-refractivity contribution in [1.29, 1.82) is 0 Å². The van der Waals surface area contributed by atoms with Crippen molar-refractivity contribution in [3.05, 3.63) is 35.9 Å². The molecular weight excluding hydrogens is 176 g/mol. The Morgan fingerprint density at radius 1 is 1.36 bits per heavy atom. The highest BCUT2D eigenvalue weighted by Crippen LogP contribution is 2.28. The molecule has 1 rings (SSSR count). The maximum atomic E-state index is 11.0. The minimum atomic E-state index is -0.747. The van der Waals surface area contributed by atoms with Gasteiger partial charge in [0.2, 0.25) is 6.29 Å². The first-order valence-electron chi connectivity index (χ1n) is 4.67. The predicted octanol–water partition coefficient (Wildman–Crippen LogP) is 2.03. The Bertz CT molecular complexity index is 305. The van der Waals surface area contributed by atoms with Crippen LogP contribution in [0.3, 0.4) is 0 Å². The van der Waals surface area contributed by atoms with E-state index in [1.165, 1.54) is 0 Å². The zero-order valence-electron chi connectivity index (χ0n) is 8.19. The predicted molar refractivity (Wildman–Crippen MR) is 54.8 cm³/mol. The Morgan fingerprint density at radius 2 is 2.00 bits per heavy atom. The quantitative estimate of drug-likeness (QED) is 0.664. The summed E-state index contributed by atoms with van der Waals surface area (Å²) < 4.78 is 0. The van der Waals surface area contributed by atoms with Crippen LogP contribution in [0.4, 0.5) is 0 Å². The van der Waals surface area contributed by atoms with Crippen molar-refractivity contribution in [2.24, 2.45) is 0 Å². The fourth-order valence-corrected chi connectivity index (χ4v) is 1.54. The number of carbonyl (C=O) groups excluding carboxylic acids is 2. The Hall–Kier alpha value is -1.44. The third kappa shape index (κ3) is 1.90. The van der Waals surface area contributed by atoms with Crippen LogP contribution in [0, 0.1) is 0 Å². The van der Waals surface area contributed by atoms with Gasteiger partial charge in [-0.15, -0.1) is 0 Å². The van der Waals surface area contributed by atoms with E-state index in [1.54, 1.807) is 0 Å². The number of hydrogen-bond acceptors (Lipinski definition) is 2. The highest BCUT2D eigenvalue weighted by Gasteiger charge is 2.30.